The maximum absolute atomic E-state index is 14.9. The summed E-state index contributed by atoms with van der Waals surface area (Å²) in [6, 6.07) is 19.5. The van der Waals surface area contributed by atoms with Crippen molar-refractivity contribution >= 4 is 12.2 Å². The summed E-state index contributed by atoms with van der Waals surface area (Å²) in [6.07, 6.45) is 5.62. The lowest BCUT2D eigenvalue weighted by atomic mass is 10.0. The van der Waals surface area contributed by atoms with Gasteiger partial charge in [-0.3, -0.25) is 0 Å². The molecule has 202 valence electrons. The number of hydrogen-bond donors (Lipinski definition) is 0. The van der Waals surface area contributed by atoms with E-state index < -0.39 is 23.3 Å². The topological polar surface area (TPSA) is 18.5 Å². The van der Waals surface area contributed by atoms with E-state index in [1.54, 1.807) is 54.6 Å². The third-order valence-electron chi connectivity index (χ3n) is 6.23. The molecule has 0 aliphatic carbocycles. The van der Waals surface area contributed by atoms with Crippen LogP contribution in [-0.2, 0) is 0 Å². The fourth-order valence-electron chi connectivity index (χ4n) is 4.02. The summed E-state index contributed by atoms with van der Waals surface area (Å²) in [5.41, 5.74) is 2.08. The Bertz CT molecular complexity index is 1430. The van der Waals surface area contributed by atoms with E-state index in [-0.39, 0.29) is 22.4 Å². The highest BCUT2D eigenvalue weighted by Crippen LogP contribution is 2.31. The first-order valence-corrected chi connectivity index (χ1v) is 13.0. The molecular formula is C33H30F4O2. The number of ether oxygens (including phenoxy) is 2. The van der Waals surface area contributed by atoms with Crippen molar-refractivity contribution in [2.24, 2.45) is 0 Å². The largest absolute Gasteiger partial charge is 0.494 e. The Labute approximate surface area is 226 Å². The molecule has 0 heterocycles. The molecule has 0 spiro atoms. The quantitative estimate of drug-likeness (QED) is 0.108. The van der Waals surface area contributed by atoms with E-state index in [2.05, 4.69) is 0 Å². The number of hydrogen-bond acceptors (Lipinski definition) is 2. The van der Waals surface area contributed by atoms with Crippen LogP contribution in [0.3, 0.4) is 0 Å². The molecule has 2 nitrogen and oxygen atoms in total. The summed E-state index contributed by atoms with van der Waals surface area (Å²) >= 11 is 0. The third-order valence-corrected chi connectivity index (χ3v) is 6.23. The molecule has 0 amide bonds. The van der Waals surface area contributed by atoms with Gasteiger partial charge >= 0.3 is 0 Å². The van der Waals surface area contributed by atoms with Gasteiger partial charge in [-0.1, -0.05) is 81.0 Å². The van der Waals surface area contributed by atoms with Gasteiger partial charge in [0, 0.05) is 16.7 Å². The van der Waals surface area contributed by atoms with Crippen LogP contribution >= 0.6 is 0 Å². The van der Waals surface area contributed by atoms with Crippen molar-refractivity contribution in [1.29, 1.82) is 0 Å². The van der Waals surface area contributed by atoms with Gasteiger partial charge in [-0.15, -0.1) is 0 Å². The van der Waals surface area contributed by atoms with Crippen LogP contribution in [0.1, 0.15) is 44.2 Å². The minimum atomic E-state index is -1.02. The molecule has 0 atom stereocenters. The average molecular weight is 535 g/mol. The summed E-state index contributed by atoms with van der Waals surface area (Å²) < 4.78 is 69.7. The molecule has 4 rings (SSSR count). The monoisotopic (exact) mass is 534 g/mol. The first-order valence-electron chi connectivity index (χ1n) is 13.0. The molecule has 0 aromatic heterocycles. The van der Waals surface area contributed by atoms with Gasteiger partial charge in [-0.25, -0.2) is 13.2 Å². The van der Waals surface area contributed by atoms with Crippen LogP contribution in [0.5, 0.6) is 11.5 Å². The van der Waals surface area contributed by atoms with Crippen molar-refractivity contribution in [3.05, 3.63) is 107 Å². The maximum atomic E-state index is 14.9. The summed E-state index contributed by atoms with van der Waals surface area (Å²) in [5, 5.41) is 0. The third kappa shape index (κ3) is 6.69. The first-order chi connectivity index (χ1) is 18.9. The van der Waals surface area contributed by atoms with Gasteiger partial charge in [0.2, 0.25) is 5.82 Å². The van der Waals surface area contributed by atoms with Gasteiger partial charge in [0.15, 0.2) is 23.2 Å². The zero-order valence-electron chi connectivity index (χ0n) is 21.9. The lowest BCUT2D eigenvalue weighted by Crippen LogP contribution is -2.01. The molecule has 0 fully saturated rings. The number of unbranched alkanes of at least 4 members (excludes halogenated alkanes) is 1. The van der Waals surface area contributed by atoms with Gasteiger partial charge in [0.05, 0.1) is 13.2 Å². The smallest absolute Gasteiger partial charge is 0.201 e. The summed E-state index contributed by atoms with van der Waals surface area (Å²) in [5.74, 6) is -3.32. The Kier molecular flexibility index (Phi) is 9.42. The average Bonchev–Trinajstić information content (AvgIpc) is 2.96. The normalized spacial score (nSPS) is 11.2. The molecule has 4 aromatic carbocycles. The second-order valence-corrected chi connectivity index (χ2v) is 9.10. The van der Waals surface area contributed by atoms with Gasteiger partial charge in [0.25, 0.3) is 0 Å². The van der Waals surface area contributed by atoms with Crippen LogP contribution in [0.15, 0.2) is 72.8 Å². The standard InChI is InChI=1S/C33H30F4O2/c1-3-5-21-39-29-19-18-28(32(36)33(29)37)23-9-6-22(7-10-23)8-11-25-14-17-27(31(35)30(25)34)24-12-15-26(16-13-24)38-20-4-2/h6-19H,3-5,20-21H2,1-2H3/b11-8+. The molecule has 0 N–H and O–H groups in total. The van der Waals surface area contributed by atoms with Crippen LogP contribution in [0.25, 0.3) is 34.4 Å². The van der Waals surface area contributed by atoms with E-state index >= 15 is 0 Å². The van der Waals surface area contributed by atoms with Crippen LogP contribution in [-0.4, -0.2) is 13.2 Å². The fourth-order valence-corrected chi connectivity index (χ4v) is 4.02. The number of halogens is 4. The lowest BCUT2D eigenvalue weighted by Gasteiger charge is -2.10. The van der Waals surface area contributed by atoms with E-state index in [4.69, 9.17) is 9.47 Å². The Morgan fingerprint density at radius 2 is 1.18 bits per heavy atom. The van der Waals surface area contributed by atoms with Gasteiger partial charge in [-0.2, -0.15) is 4.39 Å². The summed E-state index contributed by atoms with van der Waals surface area (Å²) in [6.45, 7) is 4.90. The van der Waals surface area contributed by atoms with Crippen LogP contribution in [0.2, 0.25) is 0 Å². The predicted molar refractivity (Wildman–Crippen MR) is 149 cm³/mol. The van der Waals surface area contributed by atoms with Crippen molar-refractivity contribution in [3.63, 3.8) is 0 Å². The van der Waals surface area contributed by atoms with Crippen LogP contribution < -0.4 is 9.47 Å². The molecule has 4 aromatic rings. The molecule has 39 heavy (non-hydrogen) atoms. The maximum Gasteiger partial charge on any atom is 0.201 e. The second kappa shape index (κ2) is 13.1. The Balaban J connectivity index is 1.48. The molecule has 0 aliphatic rings. The molecule has 0 bridgehead atoms. The summed E-state index contributed by atoms with van der Waals surface area (Å²) in [4.78, 5) is 0. The number of benzene rings is 4. The Morgan fingerprint density at radius 3 is 1.82 bits per heavy atom. The van der Waals surface area contributed by atoms with Gasteiger partial charge < -0.3 is 9.47 Å². The van der Waals surface area contributed by atoms with E-state index in [1.807, 2.05) is 13.8 Å². The van der Waals surface area contributed by atoms with Crippen molar-refractivity contribution in [3.8, 4) is 33.8 Å². The first kappa shape index (κ1) is 28.0. The lowest BCUT2D eigenvalue weighted by molar-refractivity contribution is 0.289. The highest BCUT2D eigenvalue weighted by atomic mass is 19.2. The van der Waals surface area contributed by atoms with E-state index in [0.717, 1.165) is 19.3 Å². The molecule has 0 saturated carbocycles. The van der Waals surface area contributed by atoms with Gasteiger partial charge in [-0.05, 0) is 53.8 Å². The van der Waals surface area contributed by atoms with E-state index in [0.29, 0.717) is 35.7 Å². The zero-order valence-corrected chi connectivity index (χ0v) is 21.9. The minimum absolute atomic E-state index is 0.0926. The van der Waals surface area contributed by atoms with E-state index in [1.165, 1.54) is 30.3 Å². The zero-order chi connectivity index (χ0) is 27.8. The predicted octanol–water partition coefficient (Wildman–Crippen LogP) is 9.72. The summed E-state index contributed by atoms with van der Waals surface area (Å²) in [7, 11) is 0. The molecule has 0 radical (unpaired) electrons. The second-order valence-electron chi connectivity index (χ2n) is 9.10. The molecular weight excluding hydrogens is 504 g/mol. The minimum Gasteiger partial charge on any atom is -0.494 e. The van der Waals surface area contributed by atoms with Crippen molar-refractivity contribution in [1.82, 2.24) is 0 Å². The van der Waals surface area contributed by atoms with Gasteiger partial charge in [0.1, 0.15) is 5.75 Å². The van der Waals surface area contributed by atoms with E-state index in [9.17, 15) is 17.6 Å². The van der Waals surface area contributed by atoms with Crippen molar-refractivity contribution < 1.29 is 27.0 Å². The Hall–Kier alpha value is -4.06. The fraction of sp³-hybridized carbons (Fsp3) is 0.212. The van der Waals surface area contributed by atoms with Crippen molar-refractivity contribution in [2.75, 3.05) is 13.2 Å². The van der Waals surface area contributed by atoms with Crippen LogP contribution in [0.4, 0.5) is 17.6 Å². The molecule has 0 unspecified atom stereocenters. The molecule has 0 saturated heterocycles. The SMILES string of the molecule is CCCCOc1ccc(-c2ccc(/C=C/c3ccc(-c4ccc(OCCC)cc4)c(F)c3F)cc2)c(F)c1F. The molecule has 0 aliphatic heterocycles. The Morgan fingerprint density at radius 1 is 0.564 bits per heavy atom. The highest BCUT2D eigenvalue weighted by Gasteiger charge is 2.16. The highest BCUT2D eigenvalue weighted by molar-refractivity contribution is 5.74. The molecule has 6 heteroatoms. The van der Waals surface area contributed by atoms with Crippen LogP contribution in [0, 0.1) is 23.3 Å². The number of rotatable bonds is 11. The van der Waals surface area contributed by atoms with Crippen molar-refractivity contribution in [2.45, 2.75) is 33.1 Å².